The second-order valence-electron chi connectivity index (χ2n) is 9.25. The maximum atomic E-state index is 13.4. The molecule has 0 bridgehead atoms. The predicted octanol–water partition coefficient (Wildman–Crippen LogP) is 5.67. The van der Waals surface area contributed by atoms with E-state index in [1.807, 2.05) is 0 Å². The van der Waals surface area contributed by atoms with Crippen molar-refractivity contribution >= 4 is 56.2 Å². The average molecular weight is 600 g/mol. The molecule has 3 rings (SSSR count). The van der Waals surface area contributed by atoms with Crippen LogP contribution in [0.25, 0.3) is 0 Å². The molecular weight excluding hydrogens is 575 g/mol. The monoisotopic (exact) mass is 598 g/mol. The normalized spacial score (nSPS) is 13.3. The number of hydrogen-bond donors (Lipinski definition) is 0. The van der Waals surface area contributed by atoms with Gasteiger partial charge in [0, 0.05) is 39.0 Å². The minimum absolute atomic E-state index is 0.0676. The second kappa shape index (κ2) is 12.0. The van der Waals surface area contributed by atoms with Gasteiger partial charge in [0.15, 0.2) is 20.5 Å². The lowest BCUT2D eigenvalue weighted by Gasteiger charge is -2.29. The maximum Gasteiger partial charge on any atom is 0.396 e. The Morgan fingerprint density at radius 1 is 0.921 bits per heavy atom. The van der Waals surface area contributed by atoms with E-state index in [1.54, 1.807) is 32.9 Å². The molecule has 12 heteroatoms. The zero-order valence-electron chi connectivity index (χ0n) is 20.8. The van der Waals surface area contributed by atoms with Crippen LogP contribution in [-0.2, 0) is 35.6 Å². The van der Waals surface area contributed by atoms with Crippen molar-refractivity contribution in [3.8, 4) is 5.75 Å². The predicted molar refractivity (Wildman–Crippen MR) is 143 cm³/mol. The summed E-state index contributed by atoms with van der Waals surface area (Å²) in [6.45, 7) is 5.11. The van der Waals surface area contributed by atoms with E-state index < -0.39 is 44.5 Å². The molecule has 38 heavy (non-hydrogen) atoms. The third kappa shape index (κ3) is 7.64. The molecule has 8 nitrogen and oxygen atoms in total. The van der Waals surface area contributed by atoms with E-state index in [-0.39, 0.29) is 31.0 Å². The minimum atomic E-state index is -3.44. The minimum Gasteiger partial charge on any atom is -0.606 e. The van der Waals surface area contributed by atoms with E-state index in [9.17, 15) is 22.6 Å². The number of benzene rings is 3. The molecule has 2 unspecified atom stereocenters. The van der Waals surface area contributed by atoms with Crippen LogP contribution in [0.2, 0.25) is 10.0 Å². The number of rotatable bonds is 7. The number of ether oxygens (including phenoxy) is 1. The molecule has 2 atom stereocenters. The SMILES string of the molecule is CC(C)(C)C(Oc1ccc(Cl)cc1[S+]([O-])c1ccc(S(C)(=O)=O)cc1)C(=O)OOC(=O)c1cccc(Cl)c1. The average Bonchev–Trinajstić information content (AvgIpc) is 2.84. The molecule has 0 saturated carbocycles. The van der Waals surface area contributed by atoms with Crippen LogP contribution in [-0.4, -0.2) is 37.3 Å². The standard InChI is InChI=1S/C26H24Cl2O8S2/c1-26(2,3)23(25(30)36-35-24(29)16-6-5-7-17(27)14-16)34-21-13-8-18(28)15-22(21)37(31)19-9-11-20(12-10-19)38(4,32)33/h5-15,23H,1-4H3. The fourth-order valence-corrected chi connectivity index (χ4v) is 5.38. The lowest BCUT2D eigenvalue weighted by atomic mass is 9.89. The highest BCUT2D eigenvalue weighted by atomic mass is 35.5. The summed E-state index contributed by atoms with van der Waals surface area (Å²) in [6.07, 6.45) is -0.223. The summed E-state index contributed by atoms with van der Waals surface area (Å²) in [5.74, 6) is -1.87. The zero-order chi connectivity index (χ0) is 28.3. The number of carbonyl (C=O) groups excluding carboxylic acids is 2. The van der Waals surface area contributed by atoms with E-state index in [2.05, 4.69) is 0 Å². The van der Waals surface area contributed by atoms with Crippen LogP contribution in [0.3, 0.4) is 0 Å². The van der Waals surface area contributed by atoms with Gasteiger partial charge in [-0.05, 0) is 54.6 Å². The Morgan fingerprint density at radius 2 is 1.55 bits per heavy atom. The molecule has 0 spiro atoms. The van der Waals surface area contributed by atoms with Gasteiger partial charge in [-0.2, -0.15) is 0 Å². The molecule has 3 aromatic rings. The number of sulfone groups is 1. The summed E-state index contributed by atoms with van der Waals surface area (Å²) >= 11 is 10.2. The molecule has 0 aliphatic heterocycles. The first kappa shape index (κ1) is 29.8. The molecule has 0 aliphatic rings. The molecule has 3 aromatic carbocycles. The van der Waals surface area contributed by atoms with Crippen molar-refractivity contribution in [2.45, 2.75) is 41.6 Å². The Labute approximate surface area is 233 Å². The lowest BCUT2D eigenvalue weighted by Crippen LogP contribution is -2.41. The van der Waals surface area contributed by atoms with E-state index in [1.165, 1.54) is 54.6 Å². The van der Waals surface area contributed by atoms with E-state index in [4.69, 9.17) is 37.7 Å². The van der Waals surface area contributed by atoms with Gasteiger partial charge in [-0.15, -0.1) is 0 Å². The smallest absolute Gasteiger partial charge is 0.396 e. The first-order chi connectivity index (χ1) is 17.7. The number of hydrogen-bond acceptors (Lipinski definition) is 8. The maximum absolute atomic E-state index is 13.4. The highest BCUT2D eigenvalue weighted by Crippen LogP contribution is 2.35. The van der Waals surface area contributed by atoms with Crippen molar-refractivity contribution in [2.75, 3.05) is 6.26 Å². The second-order valence-corrected chi connectivity index (χ2v) is 13.6. The van der Waals surface area contributed by atoms with Crippen LogP contribution in [0.4, 0.5) is 0 Å². The van der Waals surface area contributed by atoms with Gasteiger partial charge >= 0.3 is 11.9 Å². The summed E-state index contributed by atoms with van der Waals surface area (Å²) < 4.78 is 42.9. The topological polar surface area (TPSA) is 119 Å². The largest absolute Gasteiger partial charge is 0.606 e. The van der Waals surface area contributed by atoms with Crippen LogP contribution >= 0.6 is 23.2 Å². The molecule has 0 N–H and O–H groups in total. The van der Waals surface area contributed by atoms with E-state index >= 15 is 0 Å². The van der Waals surface area contributed by atoms with Gasteiger partial charge in [-0.25, -0.2) is 27.8 Å². The van der Waals surface area contributed by atoms with Crippen molar-refractivity contribution in [3.63, 3.8) is 0 Å². The molecule has 0 saturated heterocycles. The summed E-state index contributed by atoms with van der Waals surface area (Å²) in [6, 6.07) is 15.8. The Morgan fingerprint density at radius 3 is 2.13 bits per heavy atom. The quantitative estimate of drug-likeness (QED) is 0.194. The van der Waals surface area contributed by atoms with Gasteiger partial charge in [-0.1, -0.05) is 50.0 Å². The molecular formula is C26H24Cl2O8S2. The Kier molecular flexibility index (Phi) is 9.38. The van der Waals surface area contributed by atoms with Gasteiger partial charge in [0.2, 0.25) is 11.0 Å². The lowest BCUT2D eigenvalue weighted by molar-refractivity contribution is -0.244. The van der Waals surface area contributed by atoms with Crippen LogP contribution < -0.4 is 4.74 Å². The summed E-state index contributed by atoms with van der Waals surface area (Å²) in [4.78, 5) is 35.2. The third-order valence-electron chi connectivity index (χ3n) is 5.08. The van der Waals surface area contributed by atoms with Gasteiger partial charge in [-0.3, -0.25) is 0 Å². The van der Waals surface area contributed by atoms with Gasteiger partial charge < -0.3 is 9.29 Å². The van der Waals surface area contributed by atoms with E-state index in [0.29, 0.717) is 5.02 Å². The fourth-order valence-electron chi connectivity index (χ4n) is 3.15. The van der Waals surface area contributed by atoms with Gasteiger partial charge in [0.25, 0.3) is 0 Å². The molecule has 202 valence electrons. The van der Waals surface area contributed by atoms with Crippen LogP contribution in [0, 0.1) is 5.41 Å². The zero-order valence-corrected chi connectivity index (χ0v) is 23.9. The molecule has 0 aromatic heterocycles. The molecule has 0 radical (unpaired) electrons. The Bertz CT molecular complexity index is 1430. The summed E-state index contributed by atoms with van der Waals surface area (Å²) in [7, 11) is -3.44. The van der Waals surface area contributed by atoms with Gasteiger partial charge in [0.05, 0.1) is 10.5 Å². The third-order valence-corrected chi connectivity index (χ3v) is 8.09. The van der Waals surface area contributed by atoms with Crippen molar-refractivity contribution < 1.29 is 37.1 Å². The molecule has 0 amide bonds. The number of carbonyl (C=O) groups is 2. The molecule has 0 aliphatic carbocycles. The van der Waals surface area contributed by atoms with Crippen LogP contribution in [0.1, 0.15) is 31.1 Å². The van der Waals surface area contributed by atoms with Crippen LogP contribution in [0.15, 0.2) is 81.4 Å². The Hall–Kier alpha value is -2.76. The fraction of sp³-hybridized carbons (Fsp3) is 0.231. The van der Waals surface area contributed by atoms with E-state index in [0.717, 1.165) is 6.26 Å². The number of halogens is 2. The van der Waals surface area contributed by atoms with Crippen molar-refractivity contribution in [1.29, 1.82) is 0 Å². The molecule has 0 fully saturated rings. The van der Waals surface area contributed by atoms with Crippen molar-refractivity contribution in [1.82, 2.24) is 0 Å². The van der Waals surface area contributed by atoms with Crippen molar-refractivity contribution in [3.05, 3.63) is 82.3 Å². The van der Waals surface area contributed by atoms with Crippen LogP contribution in [0.5, 0.6) is 5.75 Å². The molecule has 0 heterocycles. The summed E-state index contributed by atoms with van der Waals surface area (Å²) in [5, 5.41) is 0.565. The van der Waals surface area contributed by atoms with Crippen molar-refractivity contribution in [2.24, 2.45) is 5.41 Å². The highest BCUT2D eigenvalue weighted by Gasteiger charge is 2.38. The Balaban J connectivity index is 1.85. The highest BCUT2D eigenvalue weighted by molar-refractivity contribution is 7.91. The first-order valence-electron chi connectivity index (χ1n) is 11.0. The summed E-state index contributed by atoms with van der Waals surface area (Å²) in [5.41, 5.74) is -0.773. The first-order valence-corrected chi connectivity index (χ1v) is 14.8. The van der Waals surface area contributed by atoms with Gasteiger partial charge in [0.1, 0.15) is 0 Å².